The van der Waals surface area contributed by atoms with Gasteiger partial charge in [0, 0.05) is 17.8 Å². The van der Waals surface area contributed by atoms with Crippen molar-refractivity contribution < 1.29 is 9.72 Å². The van der Waals surface area contributed by atoms with Crippen LogP contribution in [0.1, 0.15) is 37.0 Å². The van der Waals surface area contributed by atoms with Crippen LogP contribution in [0.2, 0.25) is 0 Å². The molecule has 18 heavy (non-hydrogen) atoms. The number of hydrogen-bond acceptors (Lipinski definition) is 4. The monoisotopic (exact) mass is 251 g/mol. The smallest absolute Gasteiger partial charge is 0.282 e. The number of rotatable bonds is 5. The molecule has 1 aromatic carbocycles. The topological polar surface area (TPSA) is 98.3 Å². The Morgan fingerprint density at radius 3 is 2.56 bits per heavy atom. The van der Waals surface area contributed by atoms with Gasteiger partial charge in [0.1, 0.15) is 5.56 Å². The molecule has 0 aliphatic carbocycles. The van der Waals surface area contributed by atoms with Crippen molar-refractivity contribution in [2.24, 2.45) is 0 Å². The number of nitro benzene ring substituents is 1. The number of nitrogens with one attached hydrogen (secondary N) is 1. The normalized spacial score (nSPS) is 10.4. The van der Waals surface area contributed by atoms with Crippen molar-refractivity contribution in [2.75, 3.05) is 5.73 Å². The van der Waals surface area contributed by atoms with Crippen LogP contribution in [0.25, 0.3) is 0 Å². The molecule has 0 aliphatic heterocycles. The fourth-order valence-electron chi connectivity index (χ4n) is 1.65. The fraction of sp³-hybridized carbons (Fsp3) is 0.417. The van der Waals surface area contributed by atoms with Crippen LogP contribution >= 0.6 is 0 Å². The van der Waals surface area contributed by atoms with Gasteiger partial charge >= 0.3 is 0 Å². The predicted octanol–water partition coefficient (Wildman–Crippen LogP) is 2.10. The molecule has 1 aromatic rings. The van der Waals surface area contributed by atoms with Gasteiger partial charge in [0.15, 0.2) is 0 Å². The summed E-state index contributed by atoms with van der Waals surface area (Å²) in [7, 11) is 0. The number of carbonyl (C=O) groups is 1. The van der Waals surface area contributed by atoms with E-state index in [2.05, 4.69) is 5.32 Å². The van der Waals surface area contributed by atoms with E-state index < -0.39 is 10.8 Å². The second-order valence-electron chi connectivity index (χ2n) is 4.02. The largest absolute Gasteiger partial charge is 0.399 e. The molecule has 1 amide bonds. The summed E-state index contributed by atoms with van der Waals surface area (Å²) in [4.78, 5) is 22.2. The lowest BCUT2D eigenvalue weighted by Crippen LogP contribution is -2.34. The molecular formula is C12H17N3O3. The van der Waals surface area contributed by atoms with Crippen LogP contribution in [0.15, 0.2) is 18.2 Å². The van der Waals surface area contributed by atoms with Gasteiger partial charge in [0.25, 0.3) is 11.6 Å². The molecule has 6 nitrogen and oxygen atoms in total. The summed E-state index contributed by atoms with van der Waals surface area (Å²) in [6.07, 6.45) is 1.55. The van der Waals surface area contributed by atoms with E-state index in [0.717, 1.165) is 12.8 Å². The average Bonchev–Trinajstić information content (AvgIpc) is 2.35. The zero-order valence-corrected chi connectivity index (χ0v) is 10.5. The summed E-state index contributed by atoms with van der Waals surface area (Å²) >= 11 is 0. The third kappa shape index (κ3) is 3.19. The number of amides is 1. The highest BCUT2D eigenvalue weighted by atomic mass is 16.6. The molecule has 0 aromatic heterocycles. The summed E-state index contributed by atoms with van der Waals surface area (Å²) in [6.45, 7) is 3.89. The van der Waals surface area contributed by atoms with Crippen molar-refractivity contribution in [1.29, 1.82) is 0 Å². The molecule has 0 fully saturated rings. The molecule has 98 valence electrons. The minimum Gasteiger partial charge on any atom is -0.399 e. The Balaban J connectivity index is 3.03. The highest BCUT2D eigenvalue weighted by Crippen LogP contribution is 2.21. The van der Waals surface area contributed by atoms with Crippen molar-refractivity contribution in [1.82, 2.24) is 5.32 Å². The number of nitro groups is 1. The number of anilines is 1. The molecule has 0 unspecified atom stereocenters. The van der Waals surface area contributed by atoms with Gasteiger partial charge in [-0.2, -0.15) is 0 Å². The van der Waals surface area contributed by atoms with E-state index >= 15 is 0 Å². The Morgan fingerprint density at radius 1 is 1.44 bits per heavy atom. The zero-order valence-electron chi connectivity index (χ0n) is 10.5. The molecule has 3 N–H and O–H groups in total. The van der Waals surface area contributed by atoms with Crippen LogP contribution in [0.5, 0.6) is 0 Å². The molecule has 0 heterocycles. The number of nitrogens with two attached hydrogens (primary N) is 1. The Bertz CT molecular complexity index is 456. The van der Waals surface area contributed by atoms with E-state index in [-0.39, 0.29) is 17.3 Å². The van der Waals surface area contributed by atoms with Crippen LogP contribution in [-0.2, 0) is 0 Å². The first kappa shape index (κ1) is 14.0. The van der Waals surface area contributed by atoms with Gasteiger partial charge in [-0.25, -0.2) is 0 Å². The summed E-state index contributed by atoms with van der Waals surface area (Å²) in [5.74, 6) is -0.456. The van der Waals surface area contributed by atoms with Gasteiger partial charge in [0.2, 0.25) is 0 Å². The van der Waals surface area contributed by atoms with Crippen molar-refractivity contribution in [3.8, 4) is 0 Å². The summed E-state index contributed by atoms with van der Waals surface area (Å²) in [6, 6.07) is 4.00. The molecule has 0 radical (unpaired) electrons. The molecule has 0 spiro atoms. The van der Waals surface area contributed by atoms with Gasteiger partial charge in [-0.1, -0.05) is 13.8 Å². The maximum absolute atomic E-state index is 12.0. The molecule has 0 bridgehead atoms. The minimum absolute atomic E-state index is 0.00639. The van der Waals surface area contributed by atoms with E-state index in [0.29, 0.717) is 5.69 Å². The quantitative estimate of drug-likeness (QED) is 0.475. The second-order valence-corrected chi connectivity index (χ2v) is 4.02. The van der Waals surface area contributed by atoms with E-state index in [4.69, 9.17) is 5.73 Å². The van der Waals surface area contributed by atoms with E-state index in [9.17, 15) is 14.9 Å². The third-order valence-corrected chi connectivity index (χ3v) is 2.78. The SMILES string of the molecule is CCC(CC)NC(=O)c1cc(N)ccc1[N+](=O)[O-]. The molecular weight excluding hydrogens is 234 g/mol. The number of carbonyl (C=O) groups excluding carboxylic acids is 1. The van der Waals surface area contributed by atoms with E-state index in [1.807, 2.05) is 13.8 Å². The van der Waals surface area contributed by atoms with Crippen LogP contribution < -0.4 is 11.1 Å². The number of nitrogens with zero attached hydrogens (tertiary/aromatic N) is 1. The first-order valence-corrected chi connectivity index (χ1v) is 5.84. The van der Waals surface area contributed by atoms with Crippen LogP contribution in [0.3, 0.4) is 0 Å². The second kappa shape index (κ2) is 6.00. The first-order chi connectivity index (χ1) is 8.49. The van der Waals surface area contributed by atoms with Gasteiger partial charge in [-0.05, 0) is 25.0 Å². The standard InChI is InChI=1S/C12H17N3O3/c1-3-9(4-2)14-12(16)10-7-8(13)5-6-11(10)15(17)18/h5-7,9H,3-4,13H2,1-2H3,(H,14,16). The summed E-state index contributed by atoms with van der Waals surface area (Å²) in [5.41, 5.74) is 5.66. The number of benzene rings is 1. The summed E-state index contributed by atoms with van der Waals surface area (Å²) < 4.78 is 0. The lowest BCUT2D eigenvalue weighted by molar-refractivity contribution is -0.385. The Morgan fingerprint density at radius 2 is 2.06 bits per heavy atom. The molecule has 6 heteroatoms. The zero-order chi connectivity index (χ0) is 13.7. The highest BCUT2D eigenvalue weighted by Gasteiger charge is 2.21. The Hall–Kier alpha value is -2.11. The van der Waals surface area contributed by atoms with E-state index in [1.54, 1.807) is 0 Å². The van der Waals surface area contributed by atoms with Gasteiger partial charge < -0.3 is 11.1 Å². The van der Waals surface area contributed by atoms with Gasteiger partial charge in [-0.15, -0.1) is 0 Å². The van der Waals surface area contributed by atoms with Gasteiger partial charge in [-0.3, -0.25) is 14.9 Å². The first-order valence-electron chi connectivity index (χ1n) is 5.84. The van der Waals surface area contributed by atoms with Crippen LogP contribution in [0, 0.1) is 10.1 Å². The number of nitrogen functional groups attached to an aromatic ring is 1. The Kier molecular flexibility index (Phi) is 4.65. The maximum Gasteiger partial charge on any atom is 0.282 e. The fourth-order valence-corrected chi connectivity index (χ4v) is 1.65. The van der Waals surface area contributed by atoms with Crippen LogP contribution in [-0.4, -0.2) is 16.9 Å². The third-order valence-electron chi connectivity index (χ3n) is 2.78. The maximum atomic E-state index is 12.0. The average molecular weight is 251 g/mol. The molecule has 0 saturated heterocycles. The molecule has 0 aliphatic rings. The van der Waals surface area contributed by atoms with Crippen molar-refractivity contribution >= 4 is 17.3 Å². The minimum atomic E-state index is -0.582. The van der Waals surface area contributed by atoms with Gasteiger partial charge in [0.05, 0.1) is 4.92 Å². The van der Waals surface area contributed by atoms with Crippen molar-refractivity contribution in [3.05, 3.63) is 33.9 Å². The Labute approximate surface area is 105 Å². The lowest BCUT2D eigenvalue weighted by Gasteiger charge is -2.14. The van der Waals surface area contributed by atoms with Crippen molar-refractivity contribution in [2.45, 2.75) is 32.7 Å². The molecule has 0 atom stereocenters. The molecule has 1 rings (SSSR count). The lowest BCUT2D eigenvalue weighted by atomic mass is 10.1. The summed E-state index contributed by atoms with van der Waals surface area (Å²) in [5, 5.41) is 13.6. The highest BCUT2D eigenvalue weighted by molar-refractivity contribution is 5.99. The van der Waals surface area contributed by atoms with E-state index in [1.165, 1.54) is 18.2 Å². The number of hydrogen-bond donors (Lipinski definition) is 2. The predicted molar refractivity (Wildman–Crippen MR) is 69.3 cm³/mol. The van der Waals surface area contributed by atoms with Crippen molar-refractivity contribution in [3.63, 3.8) is 0 Å². The molecule has 0 saturated carbocycles. The van der Waals surface area contributed by atoms with Crippen LogP contribution in [0.4, 0.5) is 11.4 Å².